The lowest BCUT2D eigenvalue weighted by Crippen LogP contribution is -2.26. The van der Waals surface area contributed by atoms with E-state index in [-0.39, 0.29) is 6.54 Å². The molecule has 1 heterocycles. The van der Waals surface area contributed by atoms with Gasteiger partial charge in [-0.2, -0.15) is 13.2 Å². The van der Waals surface area contributed by atoms with Gasteiger partial charge in [-0.3, -0.25) is 0 Å². The number of imidazole rings is 1. The van der Waals surface area contributed by atoms with E-state index in [1.54, 1.807) is 38.1 Å². The van der Waals surface area contributed by atoms with Crippen LogP contribution < -0.4 is 0 Å². The molecule has 2 rings (SSSR count). The Bertz CT molecular complexity index is 589. The Hall–Kier alpha value is -1.60. The molecule has 0 saturated carbocycles. The van der Waals surface area contributed by atoms with E-state index in [4.69, 9.17) is 9.47 Å². The second kappa shape index (κ2) is 6.44. The van der Waals surface area contributed by atoms with Crippen LogP contribution in [0, 0.1) is 0 Å². The first-order chi connectivity index (χ1) is 9.97. The average Bonchev–Trinajstić information content (AvgIpc) is 2.78. The number of fused-ring (bicyclic) bond motifs is 1. The van der Waals surface area contributed by atoms with Gasteiger partial charge in [-0.1, -0.05) is 12.1 Å². The van der Waals surface area contributed by atoms with E-state index in [0.717, 1.165) is 4.57 Å². The largest absolute Gasteiger partial charge is 0.449 e. The van der Waals surface area contributed by atoms with Crippen molar-refractivity contribution in [2.24, 2.45) is 0 Å². The topological polar surface area (TPSA) is 36.3 Å². The predicted molar refractivity (Wildman–Crippen MR) is 71.8 cm³/mol. The molecule has 0 aliphatic rings. The van der Waals surface area contributed by atoms with Gasteiger partial charge in [0.25, 0.3) is 0 Å². The van der Waals surface area contributed by atoms with E-state index in [1.807, 2.05) is 0 Å². The number of benzene rings is 1. The maximum atomic E-state index is 13.1. The minimum atomic E-state index is -4.53. The lowest BCUT2D eigenvalue weighted by atomic mass is 10.3. The van der Waals surface area contributed by atoms with Crippen molar-refractivity contribution < 1.29 is 22.6 Å². The molecule has 1 aromatic carbocycles. The first-order valence-electron chi connectivity index (χ1n) is 6.73. The summed E-state index contributed by atoms with van der Waals surface area (Å²) in [6.45, 7) is 4.19. The Kier molecular flexibility index (Phi) is 4.84. The molecule has 0 saturated heterocycles. The lowest BCUT2D eigenvalue weighted by molar-refractivity contribution is -0.159. The Morgan fingerprint density at radius 2 is 1.76 bits per heavy atom. The summed E-state index contributed by atoms with van der Waals surface area (Å²) in [5, 5.41) is 0. The monoisotopic (exact) mass is 302 g/mol. The summed E-state index contributed by atoms with van der Waals surface area (Å²) in [5.74, 6) is -0.937. The molecular formula is C14H17F3N2O2. The number of halogens is 3. The first-order valence-corrected chi connectivity index (χ1v) is 6.73. The maximum absolute atomic E-state index is 13.1. The number of aromatic nitrogens is 2. The molecule has 0 amide bonds. The third-order valence-corrected chi connectivity index (χ3v) is 2.94. The summed E-state index contributed by atoms with van der Waals surface area (Å²) in [6, 6.07) is 6.49. The highest BCUT2D eigenvalue weighted by Crippen LogP contribution is 2.31. The molecule has 0 fully saturated rings. The standard InChI is InChI=1S/C14H17F3N2O2/c1-3-20-12(21-4-2)9-19-11-8-6-5-7-10(11)18-13(19)14(15,16)17/h5-8,12H,3-4,9H2,1-2H3. The van der Waals surface area contributed by atoms with Crippen molar-refractivity contribution in [2.45, 2.75) is 32.9 Å². The highest BCUT2D eigenvalue weighted by molar-refractivity contribution is 5.76. The lowest BCUT2D eigenvalue weighted by Gasteiger charge is -2.19. The molecule has 1 aromatic heterocycles. The van der Waals surface area contributed by atoms with E-state index in [1.165, 1.54) is 0 Å². The van der Waals surface area contributed by atoms with Crippen LogP contribution in [-0.2, 0) is 22.2 Å². The molecule has 0 spiro atoms. The molecule has 4 nitrogen and oxygen atoms in total. The van der Waals surface area contributed by atoms with Crippen LogP contribution >= 0.6 is 0 Å². The van der Waals surface area contributed by atoms with Gasteiger partial charge in [0.1, 0.15) is 0 Å². The Morgan fingerprint density at radius 1 is 1.14 bits per heavy atom. The van der Waals surface area contributed by atoms with Crippen LogP contribution in [0.4, 0.5) is 13.2 Å². The third-order valence-electron chi connectivity index (χ3n) is 2.94. The molecule has 0 radical (unpaired) electrons. The van der Waals surface area contributed by atoms with Crippen molar-refractivity contribution in [2.75, 3.05) is 13.2 Å². The molecule has 0 aliphatic carbocycles. The fourth-order valence-corrected chi connectivity index (χ4v) is 2.15. The summed E-state index contributed by atoms with van der Waals surface area (Å²) >= 11 is 0. The Labute approximate surface area is 120 Å². The zero-order chi connectivity index (χ0) is 15.5. The van der Waals surface area contributed by atoms with E-state index >= 15 is 0 Å². The van der Waals surface area contributed by atoms with Gasteiger partial charge in [0.05, 0.1) is 17.6 Å². The van der Waals surface area contributed by atoms with Gasteiger partial charge in [-0.25, -0.2) is 4.98 Å². The van der Waals surface area contributed by atoms with Crippen molar-refractivity contribution in [3.8, 4) is 0 Å². The Balaban J connectivity index is 2.44. The van der Waals surface area contributed by atoms with E-state index in [9.17, 15) is 13.2 Å². The van der Waals surface area contributed by atoms with Gasteiger partial charge >= 0.3 is 6.18 Å². The zero-order valence-corrected chi connectivity index (χ0v) is 11.9. The summed E-state index contributed by atoms with van der Waals surface area (Å²) in [7, 11) is 0. The van der Waals surface area contributed by atoms with Crippen LogP contribution in [0.15, 0.2) is 24.3 Å². The van der Waals surface area contributed by atoms with Crippen molar-refractivity contribution in [3.63, 3.8) is 0 Å². The molecule has 0 N–H and O–H groups in total. The van der Waals surface area contributed by atoms with E-state index < -0.39 is 18.3 Å². The molecule has 7 heteroatoms. The van der Waals surface area contributed by atoms with Crippen molar-refractivity contribution >= 4 is 11.0 Å². The molecule has 0 bridgehead atoms. The molecule has 0 aliphatic heterocycles. The summed E-state index contributed by atoms with van der Waals surface area (Å²) in [4.78, 5) is 3.68. The van der Waals surface area contributed by atoms with Gasteiger partial charge in [-0.05, 0) is 26.0 Å². The molecule has 0 unspecified atom stereocenters. The second-order valence-corrected chi connectivity index (χ2v) is 4.37. The van der Waals surface area contributed by atoms with Crippen molar-refractivity contribution in [3.05, 3.63) is 30.1 Å². The number of ether oxygens (including phenoxy) is 2. The average molecular weight is 302 g/mol. The smallest absolute Gasteiger partial charge is 0.351 e. The van der Waals surface area contributed by atoms with Crippen LogP contribution in [0.3, 0.4) is 0 Å². The number of hydrogen-bond acceptors (Lipinski definition) is 3. The minimum Gasteiger partial charge on any atom is -0.351 e. The van der Waals surface area contributed by atoms with Crippen LogP contribution in [0.2, 0.25) is 0 Å². The van der Waals surface area contributed by atoms with Gasteiger partial charge in [0.2, 0.25) is 5.82 Å². The quantitative estimate of drug-likeness (QED) is 0.767. The number of rotatable bonds is 6. The summed E-state index contributed by atoms with van der Waals surface area (Å²) < 4.78 is 51.2. The molecular weight excluding hydrogens is 285 g/mol. The highest BCUT2D eigenvalue weighted by Gasteiger charge is 2.38. The molecule has 0 atom stereocenters. The maximum Gasteiger partial charge on any atom is 0.449 e. The van der Waals surface area contributed by atoms with Gasteiger partial charge < -0.3 is 14.0 Å². The van der Waals surface area contributed by atoms with E-state index in [0.29, 0.717) is 24.2 Å². The fraction of sp³-hybridized carbons (Fsp3) is 0.500. The van der Waals surface area contributed by atoms with Crippen molar-refractivity contribution in [1.82, 2.24) is 9.55 Å². The molecule has 2 aromatic rings. The van der Waals surface area contributed by atoms with Gasteiger partial charge in [0, 0.05) is 13.2 Å². The number of para-hydroxylation sites is 2. The number of nitrogens with zero attached hydrogens (tertiary/aromatic N) is 2. The molecule has 116 valence electrons. The zero-order valence-electron chi connectivity index (χ0n) is 11.9. The van der Waals surface area contributed by atoms with E-state index in [2.05, 4.69) is 4.98 Å². The summed E-state index contributed by atoms with van der Waals surface area (Å²) in [6.07, 6.45) is -5.26. The highest BCUT2D eigenvalue weighted by atomic mass is 19.4. The normalized spacial score (nSPS) is 12.5. The van der Waals surface area contributed by atoms with Crippen molar-refractivity contribution in [1.29, 1.82) is 0 Å². The summed E-state index contributed by atoms with van der Waals surface area (Å²) in [5.41, 5.74) is 0.714. The van der Waals surface area contributed by atoms with Crippen LogP contribution in [-0.4, -0.2) is 29.1 Å². The number of hydrogen-bond donors (Lipinski definition) is 0. The predicted octanol–water partition coefficient (Wildman–Crippen LogP) is 3.45. The van der Waals surface area contributed by atoms with Crippen LogP contribution in [0.25, 0.3) is 11.0 Å². The minimum absolute atomic E-state index is 0.0585. The van der Waals surface area contributed by atoms with Crippen LogP contribution in [0.1, 0.15) is 19.7 Å². The number of alkyl halides is 3. The fourth-order valence-electron chi connectivity index (χ4n) is 2.15. The van der Waals surface area contributed by atoms with Crippen LogP contribution in [0.5, 0.6) is 0 Å². The Morgan fingerprint density at radius 3 is 2.33 bits per heavy atom. The second-order valence-electron chi connectivity index (χ2n) is 4.37. The SMILES string of the molecule is CCOC(Cn1c(C(F)(F)F)nc2ccccc21)OCC. The first kappa shape index (κ1) is 15.8. The third kappa shape index (κ3) is 3.54. The van der Waals surface area contributed by atoms with Gasteiger partial charge in [0.15, 0.2) is 6.29 Å². The van der Waals surface area contributed by atoms with Gasteiger partial charge in [-0.15, -0.1) is 0 Å². The molecule has 21 heavy (non-hydrogen) atoms.